The monoisotopic (exact) mass is 519 g/mol. The van der Waals surface area contributed by atoms with Crippen molar-refractivity contribution in [3.8, 4) is 5.75 Å². The van der Waals surface area contributed by atoms with E-state index >= 15 is 0 Å². The summed E-state index contributed by atoms with van der Waals surface area (Å²) in [4.78, 5) is 9.11. The van der Waals surface area contributed by atoms with Gasteiger partial charge in [-0.2, -0.15) is 8.78 Å². The molecule has 1 aliphatic heterocycles. The van der Waals surface area contributed by atoms with Crippen LogP contribution in [0.25, 0.3) is 10.9 Å². The average molecular weight is 520 g/mol. The van der Waals surface area contributed by atoms with Gasteiger partial charge in [0.05, 0.1) is 31.1 Å². The molecule has 0 amide bonds. The number of aliphatic hydroxyl groups is 1. The highest BCUT2D eigenvalue weighted by molar-refractivity contribution is 7.71. The molecule has 2 aromatic carbocycles. The molecule has 3 aromatic rings. The molecule has 1 atom stereocenters. The van der Waals surface area contributed by atoms with Crippen molar-refractivity contribution in [1.82, 2.24) is 9.97 Å². The van der Waals surface area contributed by atoms with E-state index in [-0.39, 0.29) is 5.56 Å². The van der Waals surface area contributed by atoms with Gasteiger partial charge in [0, 0.05) is 35.4 Å². The van der Waals surface area contributed by atoms with Crippen molar-refractivity contribution in [1.29, 1.82) is 0 Å². The van der Waals surface area contributed by atoms with Gasteiger partial charge in [-0.3, -0.25) is 0 Å². The van der Waals surface area contributed by atoms with Crippen LogP contribution in [0.5, 0.6) is 5.75 Å². The van der Waals surface area contributed by atoms with Crippen LogP contribution in [0.2, 0.25) is 0 Å². The first kappa shape index (κ1) is 26.5. The molecule has 1 saturated heterocycles. The molecule has 0 radical (unpaired) electrons. The molecule has 10 heteroatoms. The van der Waals surface area contributed by atoms with Crippen LogP contribution in [0.15, 0.2) is 36.4 Å². The molecule has 0 aliphatic carbocycles. The molecular formula is C26H32F2N3O4P. The van der Waals surface area contributed by atoms with Gasteiger partial charge >= 0.3 is 5.92 Å². The van der Waals surface area contributed by atoms with E-state index in [0.29, 0.717) is 64.7 Å². The number of nitrogens with one attached hydrogen (secondary N) is 1. The average Bonchev–Trinajstić information content (AvgIpc) is 2.83. The van der Waals surface area contributed by atoms with Gasteiger partial charge in [-0.15, -0.1) is 0 Å². The smallest absolute Gasteiger partial charge is 0.300 e. The molecule has 1 aromatic heterocycles. The summed E-state index contributed by atoms with van der Waals surface area (Å²) >= 11 is 0. The first-order valence-electron chi connectivity index (χ1n) is 11.9. The molecule has 1 fully saturated rings. The summed E-state index contributed by atoms with van der Waals surface area (Å²) in [6.45, 7) is 6.64. The Morgan fingerprint density at radius 2 is 1.86 bits per heavy atom. The standard InChI is InChI=1S/C26H32F2N3O4P/c1-16(18-7-6-8-19(13-18)26(27,28)25(3,4)32)29-24-20-14-23(36(33)11-9-35-10-12-36)22(34-5)15-21(20)30-17(2)31-24/h6-8,13-16,32H,9-12H2,1-5H3,(H,29,30,31)/t16-/m1/s1. The van der Waals surface area contributed by atoms with Crippen LogP contribution in [0, 0.1) is 6.92 Å². The Labute approximate surface area is 209 Å². The van der Waals surface area contributed by atoms with Crippen molar-refractivity contribution in [2.75, 3.05) is 38.0 Å². The number of nitrogens with zero attached hydrogens (tertiary/aromatic N) is 2. The van der Waals surface area contributed by atoms with E-state index in [1.165, 1.54) is 12.1 Å². The Hall–Kier alpha value is -2.61. The van der Waals surface area contributed by atoms with Gasteiger partial charge in [-0.1, -0.05) is 18.2 Å². The highest BCUT2D eigenvalue weighted by Gasteiger charge is 2.47. The van der Waals surface area contributed by atoms with Gasteiger partial charge in [-0.25, -0.2) is 9.97 Å². The first-order chi connectivity index (χ1) is 16.9. The molecule has 2 heterocycles. The van der Waals surface area contributed by atoms with E-state index in [4.69, 9.17) is 9.47 Å². The number of hydrogen-bond donors (Lipinski definition) is 2. The highest BCUT2D eigenvalue weighted by Crippen LogP contribution is 2.49. The second-order valence-corrected chi connectivity index (χ2v) is 12.9. The third-order valence-corrected chi connectivity index (χ3v) is 9.65. The number of fused-ring (bicyclic) bond motifs is 1. The van der Waals surface area contributed by atoms with Gasteiger partial charge in [0.15, 0.2) is 0 Å². The number of ether oxygens (including phenoxy) is 2. The van der Waals surface area contributed by atoms with Crippen molar-refractivity contribution in [2.24, 2.45) is 0 Å². The topological polar surface area (TPSA) is 93.6 Å². The number of hydrogen-bond acceptors (Lipinski definition) is 7. The number of aryl methyl sites for hydroxylation is 1. The number of alkyl halides is 2. The molecule has 36 heavy (non-hydrogen) atoms. The van der Waals surface area contributed by atoms with Crippen LogP contribution in [-0.2, 0) is 15.2 Å². The summed E-state index contributed by atoms with van der Waals surface area (Å²) in [7, 11) is -1.19. The third kappa shape index (κ3) is 4.97. The summed E-state index contributed by atoms with van der Waals surface area (Å²) in [6.07, 6.45) is 0.867. The quantitative estimate of drug-likeness (QED) is 0.424. The molecule has 0 bridgehead atoms. The summed E-state index contributed by atoms with van der Waals surface area (Å²) in [6, 6.07) is 9.19. The van der Waals surface area contributed by atoms with Gasteiger partial charge in [0.25, 0.3) is 0 Å². The zero-order chi connectivity index (χ0) is 26.3. The van der Waals surface area contributed by atoms with E-state index < -0.39 is 24.7 Å². The SMILES string of the molecule is COc1cc2nc(C)nc(N[C@H](C)c3cccc(C(F)(F)C(C)(C)O)c3)c2cc1P1(=O)CCOCC1. The molecule has 194 valence electrons. The normalized spacial score (nSPS) is 17.1. The summed E-state index contributed by atoms with van der Waals surface area (Å²) in [5.41, 5.74) is -1.25. The predicted octanol–water partition coefficient (Wildman–Crippen LogP) is 5.00. The van der Waals surface area contributed by atoms with Crippen LogP contribution in [0.4, 0.5) is 14.6 Å². The molecule has 4 rings (SSSR count). The highest BCUT2D eigenvalue weighted by atomic mass is 31.2. The van der Waals surface area contributed by atoms with E-state index in [0.717, 1.165) is 13.8 Å². The summed E-state index contributed by atoms with van der Waals surface area (Å²) in [5, 5.41) is 14.6. The molecule has 2 N–H and O–H groups in total. The van der Waals surface area contributed by atoms with Crippen molar-refractivity contribution in [3.05, 3.63) is 53.3 Å². The van der Waals surface area contributed by atoms with E-state index in [1.54, 1.807) is 32.2 Å². The van der Waals surface area contributed by atoms with Gasteiger partial charge < -0.3 is 24.5 Å². The predicted molar refractivity (Wildman–Crippen MR) is 137 cm³/mol. The lowest BCUT2D eigenvalue weighted by atomic mass is 9.91. The molecule has 0 unspecified atom stereocenters. The van der Waals surface area contributed by atoms with Gasteiger partial charge in [-0.05, 0) is 45.4 Å². The maximum atomic E-state index is 14.8. The number of benzene rings is 2. The van der Waals surface area contributed by atoms with Crippen LogP contribution < -0.4 is 15.4 Å². The summed E-state index contributed by atoms with van der Waals surface area (Å²) < 4.78 is 54.4. The molecule has 1 aliphatic rings. The number of halogens is 2. The fraction of sp³-hybridized carbons (Fsp3) is 0.462. The van der Waals surface area contributed by atoms with Crippen molar-refractivity contribution < 1.29 is 27.9 Å². The molecule has 0 spiro atoms. The Morgan fingerprint density at radius 3 is 2.50 bits per heavy atom. The van der Waals surface area contributed by atoms with Crippen molar-refractivity contribution in [3.63, 3.8) is 0 Å². The van der Waals surface area contributed by atoms with Gasteiger partial charge in [0.1, 0.15) is 30.1 Å². The largest absolute Gasteiger partial charge is 0.496 e. The fourth-order valence-corrected chi connectivity index (χ4v) is 6.85. The lowest BCUT2D eigenvalue weighted by Crippen LogP contribution is -2.40. The lowest BCUT2D eigenvalue weighted by Gasteiger charge is -2.30. The van der Waals surface area contributed by atoms with Crippen LogP contribution in [0.1, 0.15) is 43.8 Å². The summed E-state index contributed by atoms with van der Waals surface area (Å²) in [5.74, 6) is -1.88. The minimum atomic E-state index is -3.43. The minimum Gasteiger partial charge on any atom is -0.496 e. The molecule has 0 saturated carbocycles. The number of aromatic nitrogens is 2. The Balaban J connectivity index is 1.75. The maximum Gasteiger partial charge on any atom is 0.300 e. The fourth-order valence-electron chi connectivity index (χ4n) is 4.38. The maximum absolute atomic E-state index is 14.8. The van der Waals surface area contributed by atoms with E-state index in [1.807, 2.05) is 13.0 Å². The van der Waals surface area contributed by atoms with Crippen LogP contribution in [0.3, 0.4) is 0 Å². The van der Waals surface area contributed by atoms with Gasteiger partial charge in [0.2, 0.25) is 0 Å². The lowest BCUT2D eigenvalue weighted by molar-refractivity contribution is -0.168. The second kappa shape index (κ2) is 9.69. The van der Waals surface area contributed by atoms with E-state index in [9.17, 15) is 18.5 Å². The minimum absolute atomic E-state index is 0.269. The van der Waals surface area contributed by atoms with Crippen LogP contribution >= 0.6 is 7.14 Å². The first-order valence-corrected chi connectivity index (χ1v) is 13.9. The Morgan fingerprint density at radius 1 is 1.17 bits per heavy atom. The third-order valence-electron chi connectivity index (χ3n) is 6.61. The zero-order valence-corrected chi connectivity index (χ0v) is 22.0. The number of rotatable bonds is 7. The van der Waals surface area contributed by atoms with E-state index in [2.05, 4.69) is 15.3 Å². The zero-order valence-electron chi connectivity index (χ0n) is 21.1. The second-order valence-electron chi connectivity index (χ2n) is 9.73. The van der Waals surface area contributed by atoms with Crippen molar-refractivity contribution in [2.45, 2.75) is 45.3 Å². The molecular weight excluding hydrogens is 487 g/mol. The number of methoxy groups -OCH3 is 1. The number of anilines is 1. The van der Waals surface area contributed by atoms with Crippen molar-refractivity contribution >= 4 is 29.2 Å². The van der Waals surface area contributed by atoms with Crippen LogP contribution in [-0.4, -0.2) is 53.3 Å². The molecule has 7 nitrogen and oxygen atoms in total. The Bertz CT molecular complexity index is 1320. The Kier molecular flexibility index (Phi) is 7.12.